The zero-order valence-corrected chi connectivity index (χ0v) is 13.1. The molecule has 26 heavy (non-hydrogen) atoms. The number of aliphatic carboxylic acids is 4. The van der Waals surface area contributed by atoms with Crippen molar-refractivity contribution in [2.24, 2.45) is 10.8 Å². The minimum atomic E-state index is -3.36. The van der Waals surface area contributed by atoms with Crippen LogP contribution in [-0.4, -0.2) is 49.4 Å². The van der Waals surface area contributed by atoms with Crippen LogP contribution in [0, 0.1) is 10.8 Å². The Morgan fingerprint density at radius 1 is 0.769 bits per heavy atom. The molecule has 1 aliphatic carbocycles. The Kier molecular flexibility index (Phi) is 4.68. The first-order valence-corrected chi connectivity index (χ1v) is 7.20. The minimum Gasteiger partial charge on any atom is -0.480 e. The summed E-state index contributed by atoms with van der Waals surface area (Å²) < 4.78 is 0. The lowest BCUT2D eigenvalue weighted by atomic mass is 9.59. The lowest BCUT2D eigenvalue weighted by Gasteiger charge is -2.37. The lowest BCUT2D eigenvalue weighted by Crippen LogP contribution is -2.60. The third-order valence-corrected chi connectivity index (χ3v) is 4.31. The van der Waals surface area contributed by atoms with Crippen molar-refractivity contribution in [3.8, 4) is 0 Å². The number of carboxylic acid groups (broad SMARTS) is 4. The van der Waals surface area contributed by atoms with Crippen molar-refractivity contribution in [2.45, 2.75) is 6.10 Å². The second kappa shape index (κ2) is 6.45. The van der Waals surface area contributed by atoms with Gasteiger partial charge in [-0.2, -0.15) is 0 Å². The smallest absolute Gasteiger partial charge is 0.327 e. The number of benzene rings is 1. The Morgan fingerprint density at radius 3 is 1.65 bits per heavy atom. The van der Waals surface area contributed by atoms with Crippen molar-refractivity contribution in [3.63, 3.8) is 0 Å². The molecule has 0 bridgehead atoms. The van der Waals surface area contributed by atoms with Gasteiger partial charge in [0.05, 0.1) is 0 Å². The highest BCUT2D eigenvalue weighted by Crippen LogP contribution is 2.49. The monoisotopic (exact) mass is 362 g/mol. The van der Waals surface area contributed by atoms with E-state index in [1.54, 1.807) is 18.2 Å². The number of aliphatic hydroxyl groups excluding tert-OH is 1. The van der Waals surface area contributed by atoms with Crippen molar-refractivity contribution in [1.82, 2.24) is 0 Å². The molecule has 0 aliphatic heterocycles. The first kappa shape index (κ1) is 18.9. The number of hydrogen-bond acceptors (Lipinski definition) is 5. The van der Waals surface area contributed by atoms with E-state index in [2.05, 4.69) is 0 Å². The first-order valence-electron chi connectivity index (χ1n) is 7.20. The molecule has 1 aromatic carbocycles. The molecule has 9 nitrogen and oxygen atoms in total. The van der Waals surface area contributed by atoms with Crippen LogP contribution in [0.15, 0.2) is 54.1 Å². The zero-order valence-electron chi connectivity index (χ0n) is 13.1. The van der Waals surface area contributed by atoms with E-state index in [-0.39, 0.29) is 11.1 Å². The fraction of sp³-hybridized carbons (Fsp3) is 0.176. The summed E-state index contributed by atoms with van der Waals surface area (Å²) in [7, 11) is 0. The molecule has 1 aromatic rings. The van der Waals surface area contributed by atoms with Crippen LogP contribution in [-0.2, 0) is 19.2 Å². The highest BCUT2D eigenvalue weighted by atomic mass is 16.4. The van der Waals surface area contributed by atoms with Gasteiger partial charge >= 0.3 is 23.9 Å². The Bertz CT molecular complexity index is 807. The molecule has 136 valence electrons. The number of aliphatic hydroxyl groups is 1. The van der Waals surface area contributed by atoms with E-state index in [4.69, 9.17) is 0 Å². The van der Waals surface area contributed by atoms with Crippen molar-refractivity contribution < 1.29 is 44.7 Å². The van der Waals surface area contributed by atoms with Crippen molar-refractivity contribution in [2.75, 3.05) is 0 Å². The van der Waals surface area contributed by atoms with Gasteiger partial charge in [-0.15, -0.1) is 0 Å². The summed E-state index contributed by atoms with van der Waals surface area (Å²) in [6.07, 6.45) is 0.370. The van der Waals surface area contributed by atoms with Gasteiger partial charge in [-0.25, -0.2) is 0 Å². The maximum atomic E-state index is 11.8. The van der Waals surface area contributed by atoms with Crippen LogP contribution in [0.4, 0.5) is 0 Å². The van der Waals surface area contributed by atoms with E-state index in [1.165, 1.54) is 12.1 Å². The quantitative estimate of drug-likeness (QED) is 0.453. The van der Waals surface area contributed by atoms with Gasteiger partial charge in [-0.05, 0) is 17.2 Å². The zero-order chi connectivity index (χ0) is 19.7. The van der Waals surface area contributed by atoms with Gasteiger partial charge in [0.1, 0.15) is 6.10 Å². The molecule has 0 saturated heterocycles. The molecule has 2 rings (SSSR count). The van der Waals surface area contributed by atoms with E-state index in [0.717, 1.165) is 6.08 Å². The Balaban J connectivity index is 2.76. The van der Waals surface area contributed by atoms with Gasteiger partial charge in [0.25, 0.3) is 0 Å². The largest absolute Gasteiger partial charge is 0.480 e. The maximum absolute atomic E-state index is 11.8. The van der Waals surface area contributed by atoms with Gasteiger partial charge < -0.3 is 25.5 Å². The predicted molar refractivity (Wildman–Crippen MR) is 84.0 cm³/mol. The summed E-state index contributed by atoms with van der Waals surface area (Å²) >= 11 is 0. The summed E-state index contributed by atoms with van der Waals surface area (Å²) in [4.78, 5) is 46.8. The molecule has 5 N–H and O–H groups in total. The standard InChI is InChI=1S/C17H14O9/c18-11(9-4-2-1-3-5-9)10-6-7-16(12(19)20,13(21)22)17(8-10,14(23)24)15(25)26/h1-8,11,18H,(H,19,20)(H,21,22)(H,23,24)(H,25,26). The molecular formula is C17H14O9. The van der Waals surface area contributed by atoms with Gasteiger partial charge in [-0.3, -0.25) is 19.2 Å². The van der Waals surface area contributed by atoms with Crippen LogP contribution in [0.25, 0.3) is 0 Å². The highest BCUT2D eigenvalue weighted by molar-refractivity contribution is 6.16. The summed E-state index contributed by atoms with van der Waals surface area (Å²) in [5.41, 5.74) is -6.61. The minimum absolute atomic E-state index is 0.251. The maximum Gasteiger partial charge on any atom is 0.327 e. The van der Waals surface area contributed by atoms with E-state index >= 15 is 0 Å². The normalized spacial score (nSPS) is 18.4. The molecule has 0 aromatic heterocycles. The third-order valence-electron chi connectivity index (χ3n) is 4.31. The predicted octanol–water partition coefficient (Wildman–Crippen LogP) is 0.527. The molecule has 0 fully saturated rings. The van der Waals surface area contributed by atoms with E-state index in [0.29, 0.717) is 12.2 Å². The molecule has 1 aliphatic rings. The van der Waals surface area contributed by atoms with Gasteiger partial charge in [-0.1, -0.05) is 42.5 Å². The molecule has 0 heterocycles. The third kappa shape index (κ3) is 2.45. The topological polar surface area (TPSA) is 169 Å². The van der Waals surface area contributed by atoms with Gasteiger partial charge in [0.2, 0.25) is 10.8 Å². The van der Waals surface area contributed by atoms with Crippen LogP contribution < -0.4 is 0 Å². The van der Waals surface area contributed by atoms with Crippen molar-refractivity contribution in [1.29, 1.82) is 0 Å². The van der Waals surface area contributed by atoms with E-state index < -0.39 is 40.8 Å². The number of rotatable bonds is 6. The summed E-state index contributed by atoms with van der Waals surface area (Å²) in [5.74, 6) is -8.68. The molecule has 0 amide bonds. The molecule has 0 saturated carbocycles. The van der Waals surface area contributed by atoms with Crippen LogP contribution in [0.5, 0.6) is 0 Å². The number of hydrogen-bond donors (Lipinski definition) is 5. The van der Waals surface area contributed by atoms with Crippen LogP contribution >= 0.6 is 0 Å². The Morgan fingerprint density at radius 2 is 1.23 bits per heavy atom. The van der Waals surface area contributed by atoms with Crippen LogP contribution in [0.3, 0.4) is 0 Å². The number of carboxylic acids is 4. The molecule has 0 spiro atoms. The highest BCUT2D eigenvalue weighted by Gasteiger charge is 2.70. The first-order chi connectivity index (χ1) is 12.1. The van der Waals surface area contributed by atoms with E-state index in [1.807, 2.05) is 0 Å². The fourth-order valence-corrected chi connectivity index (χ4v) is 2.89. The average molecular weight is 362 g/mol. The molecule has 0 radical (unpaired) electrons. The van der Waals surface area contributed by atoms with Crippen LogP contribution in [0.1, 0.15) is 11.7 Å². The Hall–Kier alpha value is -3.46. The molecule has 1 unspecified atom stereocenters. The molecule has 1 atom stereocenters. The van der Waals surface area contributed by atoms with Crippen molar-refractivity contribution in [3.05, 3.63) is 59.7 Å². The summed E-state index contributed by atoms with van der Waals surface area (Å²) in [6, 6.07) is 7.77. The summed E-state index contributed by atoms with van der Waals surface area (Å²) in [5, 5.41) is 48.1. The van der Waals surface area contributed by atoms with E-state index in [9.17, 15) is 44.7 Å². The SMILES string of the molecule is O=C(O)C1(C(=O)O)C=CC(C(O)c2ccccc2)=CC1(C(=O)O)C(=O)O. The Labute approximate surface area is 146 Å². The molecule has 9 heteroatoms. The lowest BCUT2D eigenvalue weighted by molar-refractivity contribution is -0.185. The number of carbonyl (C=O) groups is 4. The van der Waals surface area contributed by atoms with Crippen LogP contribution in [0.2, 0.25) is 0 Å². The average Bonchev–Trinajstić information content (AvgIpc) is 2.60. The second-order valence-electron chi connectivity index (χ2n) is 5.63. The summed E-state index contributed by atoms with van der Waals surface area (Å²) in [6.45, 7) is 0. The van der Waals surface area contributed by atoms with Gasteiger partial charge in [0.15, 0.2) is 0 Å². The second-order valence-corrected chi connectivity index (χ2v) is 5.63. The molecular weight excluding hydrogens is 348 g/mol. The van der Waals surface area contributed by atoms with Gasteiger partial charge in [0, 0.05) is 0 Å². The van der Waals surface area contributed by atoms with Crippen molar-refractivity contribution >= 4 is 23.9 Å². The fourth-order valence-electron chi connectivity index (χ4n) is 2.89.